The van der Waals surface area contributed by atoms with Gasteiger partial charge in [-0.3, -0.25) is 0 Å². The third-order valence-corrected chi connectivity index (χ3v) is 3.60. The summed E-state index contributed by atoms with van der Waals surface area (Å²) < 4.78 is 6.86. The molecule has 110 valence electrons. The Morgan fingerprint density at radius 3 is 2.36 bits per heavy atom. The Bertz CT molecular complexity index is 758. The second kappa shape index (κ2) is 6.31. The largest absolute Gasteiger partial charge is 0.465 e. The molecule has 0 aliphatic carbocycles. The Morgan fingerprint density at radius 2 is 1.68 bits per heavy atom. The molecular weight excluding hydrogens is 274 g/mol. The summed E-state index contributed by atoms with van der Waals surface area (Å²) in [6.07, 6.45) is 4.18. The number of rotatable bonds is 4. The van der Waals surface area contributed by atoms with Crippen LogP contribution in [0.3, 0.4) is 0 Å². The highest BCUT2D eigenvalue weighted by Gasteiger charge is 2.06. The van der Waals surface area contributed by atoms with Crippen LogP contribution in [0.1, 0.15) is 15.9 Å². The number of aromatic nitrogens is 1. The number of esters is 1. The molecule has 0 amide bonds. The maximum atomic E-state index is 11.4. The summed E-state index contributed by atoms with van der Waals surface area (Å²) in [6, 6.07) is 19.9. The van der Waals surface area contributed by atoms with E-state index in [1.165, 1.54) is 12.7 Å². The first-order valence-electron chi connectivity index (χ1n) is 7.15. The second-order valence-electron chi connectivity index (χ2n) is 5.13. The monoisotopic (exact) mass is 291 g/mol. The molecule has 22 heavy (non-hydrogen) atoms. The maximum Gasteiger partial charge on any atom is 0.337 e. The SMILES string of the molecule is COC(=O)c1ccc(-c2ccn(Cc3ccccc3)c2)cc1. The van der Waals surface area contributed by atoms with Gasteiger partial charge in [-0.05, 0) is 34.9 Å². The van der Waals surface area contributed by atoms with Gasteiger partial charge in [0.05, 0.1) is 12.7 Å². The van der Waals surface area contributed by atoms with E-state index in [1.54, 1.807) is 12.1 Å². The van der Waals surface area contributed by atoms with Gasteiger partial charge in [0.2, 0.25) is 0 Å². The van der Waals surface area contributed by atoms with Gasteiger partial charge in [-0.15, -0.1) is 0 Å². The molecule has 2 aromatic carbocycles. The molecule has 3 nitrogen and oxygen atoms in total. The molecule has 0 N–H and O–H groups in total. The van der Waals surface area contributed by atoms with Gasteiger partial charge in [0.1, 0.15) is 0 Å². The topological polar surface area (TPSA) is 31.2 Å². The lowest BCUT2D eigenvalue weighted by Crippen LogP contribution is -2.00. The number of hydrogen-bond acceptors (Lipinski definition) is 2. The number of methoxy groups -OCH3 is 1. The highest BCUT2D eigenvalue weighted by atomic mass is 16.5. The minimum Gasteiger partial charge on any atom is -0.465 e. The first kappa shape index (κ1) is 14.1. The third-order valence-electron chi connectivity index (χ3n) is 3.60. The molecule has 0 radical (unpaired) electrons. The van der Waals surface area contributed by atoms with E-state index in [2.05, 4.69) is 35.2 Å². The van der Waals surface area contributed by atoms with E-state index >= 15 is 0 Å². The Hall–Kier alpha value is -2.81. The number of nitrogens with zero attached hydrogens (tertiary/aromatic N) is 1. The molecule has 0 bridgehead atoms. The minimum atomic E-state index is -0.312. The maximum absolute atomic E-state index is 11.4. The fourth-order valence-corrected chi connectivity index (χ4v) is 2.42. The number of carbonyl (C=O) groups is 1. The van der Waals surface area contributed by atoms with E-state index in [0.717, 1.165) is 17.7 Å². The molecule has 1 heterocycles. The van der Waals surface area contributed by atoms with E-state index in [0.29, 0.717) is 5.56 Å². The molecule has 0 atom stereocenters. The van der Waals surface area contributed by atoms with Gasteiger partial charge in [0, 0.05) is 18.9 Å². The van der Waals surface area contributed by atoms with Crippen LogP contribution in [0, 0.1) is 0 Å². The van der Waals surface area contributed by atoms with Crippen LogP contribution in [-0.4, -0.2) is 17.6 Å². The lowest BCUT2D eigenvalue weighted by Gasteiger charge is -2.03. The fraction of sp³-hybridized carbons (Fsp3) is 0.105. The van der Waals surface area contributed by atoms with Gasteiger partial charge in [-0.1, -0.05) is 42.5 Å². The smallest absolute Gasteiger partial charge is 0.337 e. The van der Waals surface area contributed by atoms with E-state index in [1.807, 2.05) is 30.3 Å². The summed E-state index contributed by atoms with van der Waals surface area (Å²) in [5.74, 6) is -0.312. The van der Waals surface area contributed by atoms with Crippen molar-refractivity contribution in [3.8, 4) is 11.1 Å². The predicted molar refractivity (Wildman–Crippen MR) is 86.8 cm³/mol. The average molecular weight is 291 g/mol. The van der Waals surface area contributed by atoms with Gasteiger partial charge in [0.15, 0.2) is 0 Å². The molecule has 0 spiro atoms. The van der Waals surface area contributed by atoms with E-state index in [9.17, 15) is 4.79 Å². The van der Waals surface area contributed by atoms with Gasteiger partial charge in [-0.2, -0.15) is 0 Å². The number of hydrogen-bond donors (Lipinski definition) is 0. The van der Waals surface area contributed by atoms with Crippen molar-refractivity contribution < 1.29 is 9.53 Å². The van der Waals surface area contributed by atoms with E-state index in [-0.39, 0.29) is 5.97 Å². The Morgan fingerprint density at radius 1 is 0.955 bits per heavy atom. The lowest BCUT2D eigenvalue weighted by molar-refractivity contribution is 0.0601. The highest BCUT2D eigenvalue weighted by molar-refractivity contribution is 5.89. The summed E-state index contributed by atoms with van der Waals surface area (Å²) in [5, 5.41) is 0. The first-order valence-corrected chi connectivity index (χ1v) is 7.15. The van der Waals surface area contributed by atoms with Crippen LogP contribution in [0.25, 0.3) is 11.1 Å². The van der Waals surface area contributed by atoms with Crippen molar-refractivity contribution in [2.75, 3.05) is 7.11 Å². The number of carbonyl (C=O) groups excluding carboxylic acids is 1. The molecule has 0 unspecified atom stereocenters. The van der Waals surface area contributed by atoms with E-state index in [4.69, 9.17) is 4.74 Å². The fourth-order valence-electron chi connectivity index (χ4n) is 2.42. The number of ether oxygens (including phenoxy) is 1. The summed E-state index contributed by atoms with van der Waals surface area (Å²) in [5.41, 5.74) is 4.05. The predicted octanol–water partition coefficient (Wildman–Crippen LogP) is 3.99. The Balaban J connectivity index is 1.77. The molecule has 1 aromatic heterocycles. The van der Waals surface area contributed by atoms with Crippen molar-refractivity contribution in [1.29, 1.82) is 0 Å². The minimum absolute atomic E-state index is 0.312. The standard InChI is InChI=1S/C19H17NO2/c1-22-19(21)17-9-7-16(8-10-17)18-11-12-20(14-18)13-15-5-3-2-4-6-15/h2-12,14H,13H2,1H3. The van der Waals surface area contributed by atoms with Crippen LogP contribution < -0.4 is 0 Å². The van der Waals surface area contributed by atoms with Crippen LogP contribution in [0.2, 0.25) is 0 Å². The lowest BCUT2D eigenvalue weighted by atomic mass is 10.1. The second-order valence-corrected chi connectivity index (χ2v) is 5.13. The van der Waals surface area contributed by atoms with Crippen LogP contribution in [0.15, 0.2) is 73.1 Å². The van der Waals surface area contributed by atoms with Gasteiger partial charge < -0.3 is 9.30 Å². The summed E-state index contributed by atoms with van der Waals surface area (Å²) in [6.45, 7) is 0.848. The molecule has 0 aliphatic rings. The van der Waals surface area contributed by atoms with Crippen LogP contribution in [-0.2, 0) is 11.3 Å². The summed E-state index contributed by atoms with van der Waals surface area (Å²) in [7, 11) is 1.39. The van der Waals surface area contributed by atoms with Crippen molar-refractivity contribution in [3.05, 3.63) is 84.2 Å². The van der Waals surface area contributed by atoms with Crippen molar-refractivity contribution in [2.24, 2.45) is 0 Å². The molecule has 0 saturated carbocycles. The quantitative estimate of drug-likeness (QED) is 0.681. The Labute approximate surface area is 129 Å². The van der Waals surface area contributed by atoms with Crippen LogP contribution in [0.4, 0.5) is 0 Å². The molecule has 0 saturated heterocycles. The molecule has 3 aromatic rings. The molecule has 0 fully saturated rings. The number of benzene rings is 2. The zero-order valence-electron chi connectivity index (χ0n) is 12.4. The van der Waals surface area contributed by atoms with Crippen LogP contribution >= 0.6 is 0 Å². The zero-order valence-corrected chi connectivity index (χ0v) is 12.4. The normalized spacial score (nSPS) is 10.4. The van der Waals surface area contributed by atoms with Crippen molar-refractivity contribution in [3.63, 3.8) is 0 Å². The van der Waals surface area contributed by atoms with Gasteiger partial charge >= 0.3 is 5.97 Å². The summed E-state index contributed by atoms with van der Waals surface area (Å²) in [4.78, 5) is 11.4. The average Bonchev–Trinajstić information content (AvgIpc) is 3.04. The molecule has 0 aliphatic heterocycles. The van der Waals surface area contributed by atoms with E-state index < -0.39 is 0 Å². The summed E-state index contributed by atoms with van der Waals surface area (Å²) >= 11 is 0. The van der Waals surface area contributed by atoms with Crippen molar-refractivity contribution >= 4 is 5.97 Å². The van der Waals surface area contributed by atoms with Gasteiger partial charge in [0.25, 0.3) is 0 Å². The van der Waals surface area contributed by atoms with Crippen LogP contribution in [0.5, 0.6) is 0 Å². The molecule has 3 rings (SSSR count). The highest BCUT2D eigenvalue weighted by Crippen LogP contribution is 2.21. The zero-order chi connectivity index (χ0) is 15.4. The molecule has 3 heteroatoms. The van der Waals surface area contributed by atoms with Gasteiger partial charge in [-0.25, -0.2) is 4.79 Å². The molecular formula is C19H17NO2. The third kappa shape index (κ3) is 3.09. The van der Waals surface area contributed by atoms with Crippen molar-refractivity contribution in [1.82, 2.24) is 4.57 Å². The first-order chi connectivity index (χ1) is 10.8. The Kier molecular flexibility index (Phi) is 4.05. The van der Waals surface area contributed by atoms with Crippen molar-refractivity contribution in [2.45, 2.75) is 6.54 Å².